The van der Waals surface area contributed by atoms with Gasteiger partial charge in [-0.1, -0.05) is 0 Å². The van der Waals surface area contributed by atoms with Gasteiger partial charge in [0.25, 0.3) is 5.92 Å². The van der Waals surface area contributed by atoms with Crippen molar-refractivity contribution in [3.8, 4) is 0 Å². The zero-order valence-corrected chi connectivity index (χ0v) is 14.0. The molecule has 2 aliphatic carbocycles. The number of carboxylic acids is 1. The summed E-state index contributed by atoms with van der Waals surface area (Å²) in [5.74, 6) is -4.02. The van der Waals surface area contributed by atoms with Crippen molar-refractivity contribution in [2.45, 2.75) is 76.4 Å². The highest BCUT2D eigenvalue weighted by Crippen LogP contribution is 2.41. The maximum atomic E-state index is 14.3. The van der Waals surface area contributed by atoms with E-state index in [-0.39, 0.29) is 19.3 Å². The Balaban J connectivity index is 1.66. The summed E-state index contributed by atoms with van der Waals surface area (Å²) in [5, 5.41) is 16.6. The van der Waals surface area contributed by atoms with Crippen molar-refractivity contribution in [3.63, 3.8) is 0 Å². The third kappa shape index (κ3) is 3.77. The summed E-state index contributed by atoms with van der Waals surface area (Å²) in [5.41, 5.74) is 2.03. The first-order valence-electron chi connectivity index (χ1n) is 8.81. The van der Waals surface area contributed by atoms with E-state index in [0.29, 0.717) is 18.9 Å². The molecule has 24 heavy (non-hydrogen) atoms. The van der Waals surface area contributed by atoms with Gasteiger partial charge in [-0.15, -0.1) is 0 Å². The summed E-state index contributed by atoms with van der Waals surface area (Å²) in [7, 11) is 0. The van der Waals surface area contributed by atoms with Crippen LogP contribution in [0.5, 0.6) is 0 Å². The number of carboxylic acid groups (broad SMARTS) is 1. The smallest absolute Gasteiger partial charge is 0.306 e. The summed E-state index contributed by atoms with van der Waals surface area (Å²) in [6.45, 7) is 3.13. The highest BCUT2D eigenvalue weighted by Gasteiger charge is 2.43. The molecule has 0 saturated heterocycles. The van der Waals surface area contributed by atoms with Gasteiger partial charge in [-0.05, 0) is 39.0 Å². The van der Waals surface area contributed by atoms with Gasteiger partial charge in [-0.3, -0.25) is 9.48 Å². The number of carbonyl (C=O) groups is 1. The lowest BCUT2D eigenvalue weighted by atomic mass is 10.0. The van der Waals surface area contributed by atoms with Crippen molar-refractivity contribution in [3.05, 3.63) is 17.5 Å². The molecule has 0 radical (unpaired) electrons. The van der Waals surface area contributed by atoms with Crippen LogP contribution >= 0.6 is 0 Å². The lowest BCUT2D eigenvalue weighted by molar-refractivity contribution is -0.142. The molecule has 2 saturated carbocycles. The number of halogens is 2. The zero-order valence-electron chi connectivity index (χ0n) is 14.0. The number of aromatic nitrogens is 2. The first-order valence-corrected chi connectivity index (χ1v) is 8.81. The van der Waals surface area contributed by atoms with Crippen molar-refractivity contribution in [2.75, 3.05) is 0 Å². The summed E-state index contributed by atoms with van der Waals surface area (Å²) in [6.07, 6.45) is 4.33. The lowest BCUT2D eigenvalue weighted by Crippen LogP contribution is -2.43. The second kappa shape index (κ2) is 6.78. The van der Waals surface area contributed by atoms with Gasteiger partial charge in [0.2, 0.25) is 0 Å². The SMILES string of the molecule is CCn1cc(CN[C@@H]2CC[C@@H](C(=O)O)CCC2(F)F)c(C2CC2)n1. The summed E-state index contributed by atoms with van der Waals surface area (Å²) >= 11 is 0. The molecule has 0 aromatic carbocycles. The van der Waals surface area contributed by atoms with E-state index in [1.54, 1.807) is 0 Å². The Morgan fingerprint density at radius 2 is 2.12 bits per heavy atom. The number of rotatable bonds is 6. The second-order valence-electron chi connectivity index (χ2n) is 7.02. The second-order valence-corrected chi connectivity index (χ2v) is 7.02. The molecule has 2 atom stereocenters. The third-order valence-electron chi connectivity index (χ3n) is 5.19. The topological polar surface area (TPSA) is 67.2 Å². The Labute approximate surface area is 140 Å². The van der Waals surface area contributed by atoms with Crippen LogP contribution in [-0.4, -0.2) is 32.8 Å². The minimum atomic E-state index is -2.87. The average Bonchev–Trinajstić information content (AvgIpc) is 3.31. The van der Waals surface area contributed by atoms with E-state index < -0.39 is 23.9 Å². The first kappa shape index (κ1) is 17.3. The highest BCUT2D eigenvalue weighted by atomic mass is 19.3. The molecule has 1 heterocycles. The molecule has 0 spiro atoms. The van der Waals surface area contributed by atoms with E-state index in [1.807, 2.05) is 17.8 Å². The van der Waals surface area contributed by atoms with E-state index in [4.69, 9.17) is 5.11 Å². The molecular weight excluding hydrogens is 316 g/mol. The van der Waals surface area contributed by atoms with Crippen molar-refractivity contribution < 1.29 is 18.7 Å². The third-order valence-corrected chi connectivity index (χ3v) is 5.19. The van der Waals surface area contributed by atoms with Crippen molar-refractivity contribution in [2.24, 2.45) is 5.92 Å². The van der Waals surface area contributed by atoms with Gasteiger partial charge in [0, 0.05) is 37.2 Å². The molecule has 3 rings (SSSR count). The summed E-state index contributed by atoms with van der Waals surface area (Å²) in [4.78, 5) is 11.1. The van der Waals surface area contributed by atoms with Crippen LogP contribution in [0.3, 0.4) is 0 Å². The lowest BCUT2D eigenvalue weighted by Gasteiger charge is -2.25. The Hall–Kier alpha value is -1.50. The minimum absolute atomic E-state index is 0.0433. The molecule has 2 aliphatic rings. The molecule has 0 aliphatic heterocycles. The molecule has 1 aromatic rings. The number of hydrogen-bond acceptors (Lipinski definition) is 3. The fourth-order valence-corrected chi connectivity index (χ4v) is 3.47. The number of nitrogens with one attached hydrogen (secondary N) is 1. The number of nitrogens with zero attached hydrogens (tertiary/aromatic N) is 2. The molecule has 0 bridgehead atoms. The van der Waals surface area contributed by atoms with Gasteiger partial charge in [0.15, 0.2) is 0 Å². The Kier molecular flexibility index (Phi) is 4.90. The molecule has 7 heteroatoms. The predicted octanol–water partition coefficient (Wildman–Crippen LogP) is 3.15. The Morgan fingerprint density at radius 1 is 1.38 bits per heavy atom. The Bertz CT molecular complexity index is 599. The van der Waals surface area contributed by atoms with Crippen molar-refractivity contribution in [1.29, 1.82) is 0 Å². The summed E-state index contributed by atoms with van der Waals surface area (Å²) < 4.78 is 30.5. The molecule has 1 aromatic heterocycles. The van der Waals surface area contributed by atoms with E-state index in [2.05, 4.69) is 10.4 Å². The van der Waals surface area contributed by atoms with Crippen molar-refractivity contribution in [1.82, 2.24) is 15.1 Å². The molecular formula is C17H25F2N3O2. The van der Waals surface area contributed by atoms with Gasteiger partial charge in [-0.2, -0.15) is 5.10 Å². The van der Waals surface area contributed by atoms with Crippen LogP contribution in [0.2, 0.25) is 0 Å². The van der Waals surface area contributed by atoms with Crippen LogP contribution in [-0.2, 0) is 17.9 Å². The number of hydrogen-bond donors (Lipinski definition) is 2. The minimum Gasteiger partial charge on any atom is -0.481 e. The van der Waals surface area contributed by atoms with Crippen LogP contribution in [0.15, 0.2) is 6.20 Å². The van der Waals surface area contributed by atoms with Gasteiger partial charge >= 0.3 is 5.97 Å². The molecule has 2 fully saturated rings. The monoisotopic (exact) mass is 341 g/mol. The number of aryl methyl sites for hydroxylation is 1. The van der Waals surface area contributed by atoms with Crippen LogP contribution in [0.25, 0.3) is 0 Å². The first-order chi connectivity index (χ1) is 11.4. The fourth-order valence-electron chi connectivity index (χ4n) is 3.47. The van der Waals surface area contributed by atoms with E-state index >= 15 is 0 Å². The highest BCUT2D eigenvalue weighted by molar-refractivity contribution is 5.69. The van der Waals surface area contributed by atoms with E-state index in [0.717, 1.165) is 30.6 Å². The quantitative estimate of drug-likeness (QED) is 0.780. The Morgan fingerprint density at radius 3 is 2.75 bits per heavy atom. The van der Waals surface area contributed by atoms with Crippen LogP contribution in [0, 0.1) is 5.92 Å². The van der Waals surface area contributed by atoms with Crippen LogP contribution < -0.4 is 5.32 Å². The van der Waals surface area contributed by atoms with Gasteiger partial charge in [0.1, 0.15) is 0 Å². The largest absolute Gasteiger partial charge is 0.481 e. The number of aliphatic carboxylic acids is 1. The van der Waals surface area contributed by atoms with Gasteiger partial charge in [-0.25, -0.2) is 8.78 Å². The molecule has 5 nitrogen and oxygen atoms in total. The molecule has 2 N–H and O–H groups in total. The molecule has 0 unspecified atom stereocenters. The number of alkyl halides is 2. The van der Waals surface area contributed by atoms with Crippen molar-refractivity contribution >= 4 is 5.97 Å². The average molecular weight is 341 g/mol. The maximum absolute atomic E-state index is 14.3. The standard InChI is InChI=1S/C17H25F2N3O2/c1-2-22-10-13(15(21-22)11-3-4-11)9-20-14-6-5-12(16(23)24)7-8-17(14,18)19/h10-12,14,20H,2-9H2,1H3,(H,23,24)/t12-,14-/m1/s1. The zero-order chi connectivity index (χ0) is 17.3. The van der Waals surface area contributed by atoms with Crippen LogP contribution in [0.4, 0.5) is 8.78 Å². The summed E-state index contributed by atoms with van der Waals surface area (Å²) in [6, 6.07) is -0.973. The fraction of sp³-hybridized carbons (Fsp3) is 0.765. The predicted molar refractivity (Wildman–Crippen MR) is 85.0 cm³/mol. The molecule has 134 valence electrons. The van der Waals surface area contributed by atoms with Gasteiger partial charge < -0.3 is 10.4 Å². The van der Waals surface area contributed by atoms with Crippen LogP contribution in [0.1, 0.15) is 62.6 Å². The van der Waals surface area contributed by atoms with Gasteiger partial charge in [0.05, 0.1) is 17.7 Å². The molecule has 0 amide bonds. The normalized spacial score (nSPS) is 27.0. The van der Waals surface area contributed by atoms with E-state index in [1.165, 1.54) is 0 Å². The van der Waals surface area contributed by atoms with E-state index in [9.17, 15) is 13.6 Å². The maximum Gasteiger partial charge on any atom is 0.306 e.